The van der Waals surface area contributed by atoms with Gasteiger partial charge in [-0.15, -0.1) is 0 Å². The highest BCUT2D eigenvalue weighted by Crippen LogP contribution is 2.32. The van der Waals surface area contributed by atoms with Crippen LogP contribution < -0.4 is 5.32 Å². The molecule has 3 aromatic rings. The average molecular weight is 831 g/mol. The van der Waals surface area contributed by atoms with Crippen molar-refractivity contribution in [1.82, 2.24) is 10.2 Å². The first kappa shape index (κ1) is 51.3. The van der Waals surface area contributed by atoms with E-state index in [2.05, 4.69) is 65.2 Å². The Balaban J connectivity index is 0.000000804. The number of carboxylic acids is 2. The van der Waals surface area contributed by atoms with E-state index in [-0.39, 0.29) is 18.1 Å². The number of aryl methyl sites for hydroxylation is 1. The third-order valence-corrected chi connectivity index (χ3v) is 10.8. The number of rotatable bonds is 17. The van der Waals surface area contributed by atoms with Gasteiger partial charge in [0, 0.05) is 51.8 Å². The maximum absolute atomic E-state index is 13.5. The summed E-state index contributed by atoms with van der Waals surface area (Å²) in [5.74, 6) is -2.31. The lowest BCUT2D eigenvalue weighted by molar-refractivity contribution is -0.141. The molecule has 1 aliphatic rings. The molecule has 3 aromatic carbocycles. The van der Waals surface area contributed by atoms with E-state index in [4.69, 9.17) is 9.84 Å². The van der Waals surface area contributed by atoms with Crippen molar-refractivity contribution >= 4 is 39.4 Å². The molecule has 13 heteroatoms. The number of aliphatic carboxylic acids is 2. The van der Waals surface area contributed by atoms with Gasteiger partial charge in [0.15, 0.2) is 0 Å². The summed E-state index contributed by atoms with van der Waals surface area (Å²) in [5, 5.41) is 20.8. The number of sulfone groups is 1. The summed E-state index contributed by atoms with van der Waals surface area (Å²) >= 11 is 1.56. The minimum Gasteiger partial charge on any atom is -0.481 e. The van der Waals surface area contributed by atoms with Crippen LogP contribution in [-0.2, 0) is 41.9 Å². The Kier molecular flexibility index (Phi) is 25.0. The van der Waals surface area contributed by atoms with Crippen LogP contribution in [0.4, 0.5) is 0 Å². The van der Waals surface area contributed by atoms with Crippen molar-refractivity contribution in [3.63, 3.8) is 0 Å². The van der Waals surface area contributed by atoms with Crippen molar-refractivity contribution in [2.45, 2.75) is 90.9 Å². The van der Waals surface area contributed by atoms with Crippen LogP contribution in [0.1, 0.15) is 79.9 Å². The Labute approximate surface area is 345 Å². The summed E-state index contributed by atoms with van der Waals surface area (Å²) < 4.78 is 31.0. The fraction of sp³-hybridized carbons (Fsp3) is 0.523. The SMILES string of the molecule is CC(CCS(C)(=O)=O)C(=O)O.CCC.COC.COC[C@H]1CCC(Cc2ccccc2)N1Cc1ccc(C(=O)NC(CCSC)C(=O)O)c(-c2ccccc2C)c1. The maximum Gasteiger partial charge on any atom is 0.326 e. The zero-order valence-electron chi connectivity index (χ0n) is 35.3. The normalized spacial score (nSPS) is 16.0. The second-order valence-corrected chi connectivity index (χ2v) is 17.6. The predicted molar refractivity (Wildman–Crippen MR) is 233 cm³/mol. The van der Waals surface area contributed by atoms with Crippen LogP contribution in [0.2, 0.25) is 0 Å². The Hall–Kier alpha value is -3.75. The number of carbonyl (C=O) groups excluding carboxylic acids is 1. The molecule has 1 heterocycles. The van der Waals surface area contributed by atoms with Gasteiger partial charge in [0.1, 0.15) is 15.9 Å². The van der Waals surface area contributed by atoms with Gasteiger partial charge < -0.3 is 25.0 Å². The van der Waals surface area contributed by atoms with Crippen LogP contribution in [0.5, 0.6) is 0 Å². The molecule has 0 aliphatic carbocycles. The summed E-state index contributed by atoms with van der Waals surface area (Å²) in [6.07, 6.45) is 8.02. The Morgan fingerprint density at radius 1 is 0.877 bits per heavy atom. The Morgan fingerprint density at radius 3 is 2.02 bits per heavy atom. The van der Waals surface area contributed by atoms with Crippen molar-refractivity contribution in [2.75, 3.05) is 52.0 Å². The molecule has 1 saturated heterocycles. The molecular formula is C44H66N2O9S2. The van der Waals surface area contributed by atoms with Gasteiger partial charge in [-0.1, -0.05) is 87.9 Å². The van der Waals surface area contributed by atoms with Gasteiger partial charge in [0.2, 0.25) is 0 Å². The van der Waals surface area contributed by atoms with E-state index in [1.165, 1.54) is 18.9 Å². The van der Waals surface area contributed by atoms with Gasteiger partial charge in [-0.3, -0.25) is 14.5 Å². The van der Waals surface area contributed by atoms with Crippen LogP contribution in [0.25, 0.3) is 11.1 Å². The van der Waals surface area contributed by atoms with Crippen molar-refractivity contribution in [1.29, 1.82) is 0 Å². The molecular weight excluding hydrogens is 765 g/mol. The van der Waals surface area contributed by atoms with E-state index in [1.54, 1.807) is 33.1 Å². The molecule has 11 nitrogen and oxygen atoms in total. The molecule has 0 bridgehead atoms. The van der Waals surface area contributed by atoms with E-state index in [9.17, 15) is 27.9 Å². The number of benzene rings is 3. The monoisotopic (exact) mass is 830 g/mol. The average Bonchev–Trinajstić information content (AvgIpc) is 3.52. The number of methoxy groups -OCH3 is 2. The molecule has 1 aliphatic heterocycles. The molecule has 3 unspecified atom stereocenters. The molecule has 1 amide bonds. The Morgan fingerprint density at radius 2 is 1.47 bits per heavy atom. The molecule has 4 rings (SSSR count). The first-order valence-electron chi connectivity index (χ1n) is 19.4. The first-order valence-corrected chi connectivity index (χ1v) is 22.8. The number of carboxylic acid groups (broad SMARTS) is 2. The Bertz CT molecular complexity index is 1740. The molecule has 4 atom stereocenters. The number of ether oxygens (including phenoxy) is 2. The number of hydrogen-bond acceptors (Lipinski definition) is 9. The number of amides is 1. The number of nitrogens with one attached hydrogen (secondary N) is 1. The van der Waals surface area contributed by atoms with Crippen molar-refractivity contribution in [3.8, 4) is 11.1 Å². The van der Waals surface area contributed by atoms with Crippen molar-refractivity contribution in [2.24, 2.45) is 5.92 Å². The number of thioether (sulfide) groups is 1. The zero-order valence-corrected chi connectivity index (χ0v) is 37.0. The van der Waals surface area contributed by atoms with Gasteiger partial charge in [-0.2, -0.15) is 11.8 Å². The van der Waals surface area contributed by atoms with E-state index in [0.29, 0.717) is 36.4 Å². The van der Waals surface area contributed by atoms with Gasteiger partial charge >= 0.3 is 11.9 Å². The van der Waals surface area contributed by atoms with E-state index in [1.807, 2.05) is 49.6 Å². The molecule has 3 N–H and O–H groups in total. The second-order valence-electron chi connectivity index (χ2n) is 14.3. The summed E-state index contributed by atoms with van der Waals surface area (Å²) in [5.41, 5.74) is 5.80. The highest BCUT2D eigenvalue weighted by Gasteiger charge is 2.33. The maximum atomic E-state index is 13.5. The molecule has 57 heavy (non-hydrogen) atoms. The largest absolute Gasteiger partial charge is 0.481 e. The van der Waals surface area contributed by atoms with Crippen molar-refractivity contribution < 1.29 is 42.5 Å². The minimum absolute atomic E-state index is 0.0551. The standard InChI is InChI=1S/C33H40N2O4S.C6H12O4S.C3H8.C2H6O/c1-23-9-7-8-12-28(23)30-20-25(13-16-29(30)32(36)34-31(33(37)38)17-18-40-3)21-35-26(14-15-27(35)22-39-2)19-24-10-5-4-6-11-24;1-5(6(7)8)3-4-11(2,9)10;2*1-3-2/h4-13,16,20,26-27,31H,14-15,17-19,21-22H2,1-3H3,(H,34,36)(H,37,38);5H,3-4H2,1-2H3,(H,7,8);3H2,1-2H3;1-2H3/t26?,27-,31?;;;/m1.../s1. The topological polar surface area (TPSA) is 160 Å². The van der Waals surface area contributed by atoms with E-state index < -0.39 is 33.7 Å². The summed E-state index contributed by atoms with van der Waals surface area (Å²) in [6.45, 7) is 9.21. The van der Waals surface area contributed by atoms with Crippen LogP contribution in [0, 0.1) is 12.8 Å². The number of hydrogen-bond donors (Lipinski definition) is 3. The molecule has 0 spiro atoms. The third kappa shape index (κ3) is 19.5. The van der Waals surface area contributed by atoms with Gasteiger partial charge in [0.05, 0.1) is 18.3 Å². The van der Waals surface area contributed by atoms with E-state index in [0.717, 1.165) is 54.3 Å². The molecule has 0 saturated carbocycles. The quantitative estimate of drug-likeness (QED) is 0.123. The fourth-order valence-corrected chi connectivity index (χ4v) is 7.44. The van der Waals surface area contributed by atoms with E-state index >= 15 is 0 Å². The predicted octanol–water partition coefficient (Wildman–Crippen LogP) is 7.64. The lowest BCUT2D eigenvalue weighted by Crippen LogP contribution is -2.41. The first-order chi connectivity index (χ1) is 27.1. The third-order valence-electron chi connectivity index (χ3n) is 9.13. The van der Waals surface area contributed by atoms with Gasteiger partial charge in [0.25, 0.3) is 5.91 Å². The van der Waals surface area contributed by atoms with Crippen LogP contribution in [-0.4, -0.2) is 111 Å². The smallest absolute Gasteiger partial charge is 0.326 e. The van der Waals surface area contributed by atoms with Crippen LogP contribution in [0.15, 0.2) is 72.8 Å². The fourth-order valence-electron chi connectivity index (χ4n) is 6.19. The highest BCUT2D eigenvalue weighted by molar-refractivity contribution is 7.98. The van der Waals surface area contributed by atoms with Crippen LogP contribution >= 0.6 is 11.8 Å². The second kappa shape index (κ2) is 27.8. The molecule has 0 aromatic heterocycles. The van der Waals surface area contributed by atoms with Gasteiger partial charge in [-0.25, -0.2) is 13.2 Å². The summed E-state index contributed by atoms with van der Waals surface area (Å²) in [7, 11) is 1.99. The molecule has 0 radical (unpaired) electrons. The molecule has 318 valence electrons. The number of nitrogens with zero attached hydrogens (tertiary/aromatic N) is 1. The van der Waals surface area contributed by atoms with Gasteiger partial charge in [-0.05, 0) is 91.0 Å². The lowest BCUT2D eigenvalue weighted by atomic mass is 9.93. The number of carbonyl (C=O) groups is 3. The lowest BCUT2D eigenvalue weighted by Gasteiger charge is -2.30. The summed E-state index contributed by atoms with van der Waals surface area (Å²) in [4.78, 5) is 38.1. The highest BCUT2D eigenvalue weighted by atomic mass is 32.2. The number of likely N-dealkylation sites (tertiary alicyclic amines) is 1. The minimum atomic E-state index is -3.02. The summed E-state index contributed by atoms with van der Waals surface area (Å²) in [6, 6.07) is 24.4. The molecule has 1 fully saturated rings. The zero-order chi connectivity index (χ0) is 43.0. The van der Waals surface area contributed by atoms with Crippen molar-refractivity contribution in [3.05, 3.63) is 95.1 Å². The van der Waals surface area contributed by atoms with Crippen LogP contribution in [0.3, 0.4) is 0 Å².